The maximum Gasteiger partial charge on any atom is 0.197 e. The summed E-state index contributed by atoms with van der Waals surface area (Å²) in [6, 6.07) is 0. The van der Waals surface area contributed by atoms with E-state index in [9.17, 15) is 4.79 Å². The summed E-state index contributed by atoms with van der Waals surface area (Å²) in [6.45, 7) is 0. The zero-order valence-corrected chi connectivity index (χ0v) is 11.1. The van der Waals surface area contributed by atoms with E-state index in [0.29, 0.717) is 5.78 Å². The summed E-state index contributed by atoms with van der Waals surface area (Å²) in [5, 5.41) is 8.61. The summed E-state index contributed by atoms with van der Waals surface area (Å²) in [5.41, 5.74) is 0. The average molecular weight is 262 g/mol. The first kappa shape index (κ1) is 11.2. The van der Waals surface area contributed by atoms with Crippen LogP contribution in [0.4, 0.5) is 0 Å². The molecule has 3 rings (SSSR count). The van der Waals surface area contributed by atoms with Gasteiger partial charge in [0.15, 0.2) is 5.78 Å². The maximum absolute atomic E-state index is 12.5. The summed E-state index contributed by atoms with van der Waals surface area (Å²) in [5.74, 6) is 0.343. The first-order chi connectivity index (χ1) is 8.36. The molecule has 1 aliphatic carbocycles. The van der Waals surface area contributed by atoms with E-state index in [1.807, 2.05) is 0 Å². The predicted octanol–water partition coefficient (Wildman–Crippen LogP) is 3.70. The summed E-state index contributed by atoms with van der Waals surface area (Å²) >= 11 is 0. The van der Waals surface area contributed by atoms with Gasteiger partial charge in [0.25, 0.3) is 0 Å². The highest BCUT2D eigenvalue weighted by molar-refractivity contribution is 8.24. The van der Waals surface area contributed by atoms with E-state index in [2.05, 4.69) is 45.9 Å². The lowest BCUT2D eigenvalue weighted by Gasteiger charge is -2.19. The molecule has 1 fully saturated rings. The van der Waals surface area contributed by atoms with Crippen molar-refractivity contribution in [2.24, 2.45) is 0 Å². The first-order valence-electron chi connectivity index (χ1n) is 5.76. The molecule has 0 spiro atoms. The van der Waals surface area contributed by atoms with E-state index in [0.717, 1.165) is 29.0 Å². The van der Waals surface area contributed by atoms with Gasteiger partial charge in [-0.1, -0.05) is 24.3 Å². The molecule has 0 unspecified atom stereocenters. The van der Waals surface area contributed by atoms with Crippen LogP contribution in [0.15, 0.2) is 45.9 Å². The van der Waals surface area contributed by atoms with Crippen molar-refractivity contribution in [2.75, 3.05) is 0 Å². The number of allylic oxidation sites excluding steroid dienone is 4. The summed E-state index contributed by atoms with van der Waals surface area (Å²) in [6.07, 6.45) is 11.3. The Morgan fingerprint density at radius 2 is 1.18 bits per heavy atom. The molecule has 88 valence electrons. The summed E-state index contributed by atoms with van der Waals surface area (Å²) in [7, 11) is -0.0464. The van der Waals surface area contributed by atoms with Crippen LogP contribution in [0.5, 0.6) is 0 Å². The molecule has 0 N–H and O–H groups in total. The fourth-order valence-electron chi connectivity index (χ4n) is 2.18. The SMILES string of the molecule is O=C1C(=S2C=CC=C2)CCCC1=S1C=CC=C1. The summed E-state index contributed by atoms with van der Waals surface area (Å²) in [4.78, 5) is 14.7. The summed E-state index contributed by atoms with van der Waals surface area (Å²) < 4.78 is 0. The van der Waals surface area contributed by atoms with Gasteiger partial charge < -0.3 is 0 Å². The zero-order valence-electron chi connectivity index (χ0n) is 9.46. The van der Waals surface area contributed by atoms with Gasteiger partial charge in [-0.2, -0.15) is 0 Å². The number of Topliss-reactive ketones (excluding diaryl/α,β-unsaturated/α-hetero) is 1. The molecule has 0 aromatic rings. The monoisotopic (exact) mass is 262 g/mol. The molecular formula is C14H14OS2. The van der Waals surface area contributed by atoms with Crippen molar-refractivity contribution in [3.05, 3.63) is 45.9 Å². The van der Waals surface area contributed by atoms with Crippen LogP contribution in [0.1, 0.15) is 19.3 Å². The molecule has 2 heterocycles. The highest BCUT2D eigenvalue weighted by Gasteiger charge is 2.24. The highest BCUT2D eigenvalue weighted by Crippen LogP contribution is 2.33. The molecule has 17 heavy (non-hydrogen) atoms. The van der Waals surface area contributed by atoms with Crippen LogP contribution in [-0.2, 0) is 4.79 Å². The molecule has 2 aliphatic heterocycles. The fraction of sp³-hybridized carbons (Fsp3) is 0.214. The topological polar surface area (TPSA) is 17.1 Å². The van der Waals surface area contributed by atoms with Gasteiger partial charge in [-0.3, -0.25) is 4.79 Å². The van der Waals surface area contributed by atoms with Crippen molar-refractivity contribution in [2.45, 2.75) is 19.3 Å². The van der Waals surface area contributed by atoms with Crippen LogP contribution in [0, 0.1) is 0 Å². The molecule has 0 bridgehead atoms. The highest BCUT2D eigenvalue weighted by atomic mass is 32.2. The largest absolute Gasteiger partial charge is 0.288 e. The molecule has 1 nitrogen and oxygen atoms in total. The second-order valence-corrected chi connectivity index (χ2v) is 7.65. The van der Waals surface area contributed by atoms with Crippen molar-refractivity contribution in [1.29, 1.82) is 0 Å². The average Bonchev–Trinajstić information content (AvgIpc) is 3.02. The van der Waals surface area contributed by atoms with Gasteiger partial charge in [0.1, 0.15) is 0 Å². The smallest absolute Gasteiger partial charge is 0.197 e. The molecule has 0 aromatic carbocycles. The van der Waals surface area contributed by atoms with Crippen molar-refractivity contribution in [3.63, 3.8) is 0 Å². The van der Waals surface area contributed by atoms with Crippen molar-refractivity contribution >= 4 is 36.5 Å². The van der Waals surface area contributed by atoms with E-state index >= 15 is 0 Å². The molecule has 0 atom stereocenters. The Balaban J connectivity index is 2.04. The molecular weight excluding hydrogens is 248 g/mol. The van der Waals surface area contributed by atoms with Crippen LogP contribution < -0.4 is 0 Å². The maximum atomic E-state index is 12.5. The third-order valence-electron chi connectivity index (χ3n) is 3.01. The minimum atomic E-state index is -0.0232. The quantitative estimate of drug-likeness (QED) is 0.608. The Labute approximate surface area is 106 Å². The van der Waals surface area contributed by atoms with Gasteiger partial charge >= 0.3 is 0 Å². The number of hydrogen-bond donors (Lipinski definition) is 0. The van der Waals surface area contributed by atoms with Gasteiger partial charge in [-0.15, -0.1) is 21.0 Å². The zero-order chi connectivity index (χ0) is 11.7. The number of rotatable bonds is 0. The lowest BCUT2D eigenvalue weighted by molar-refractivity contribution is -0.107. The molecule has 3 aliphatic rings. The van der Waals surface area contributed by atoms with Crippen LogP contribution in [0.2, 0.25) is 0 Å². The van der Waals surface area contributed by atoms with Gasteiger partial charge in [-0.25, -0.2) is 0 Å². The van der Waals surface area contributed by atoms with Gasteiger partial charge in [0, 0.05) is 9.73 Å². The van der Waals surface area contributed by atoms with Crippen LogP contribution >= 0.6 is 21.0 Å². The van der Waals surface area contributed by atoms with Gasteiger partial charge in [0.05, 0.1) is 0 Å². The lowest BCUT2D eigenvalue weighted by Crippen LogP contribution is -2.28. The van der Waals surface area contributed by atoms with E-state index in [4.69, 9.17) is 0 Å². The van der Waals surface area contributed by atoms with Crippen LogP contribution in [-0.4, -0.2) is 15.5 Å². The van der Waals surface area contributed by atoms with Gasteiger partial charge in [0.2, 0.25) is 0 Å². The minimum absolute atomic E-state index is 0.0232. The molecule has 1 saturated carbocycles. The lowest BCUT2D eigenvalue weighted by atomic mass is 9.99. The predicted molar refractivity (Wildman–Crippen MR) is 80.6 cm³/mol. The van der Waals surface area contributed by atoms with E-state index in [1.54, 1.807) is 0 Å². The number of ketones is 1. The molecule has 0 radical (unpaired) electrons. The minimum Gasteiger partial charge on any atom is -0.288 e. The Morgan fingerprint density at radius 3 is 1.59 bits per heavy atom. The second kappa shape index (κ2) is 4.75. The third-order valence-corrected chi connectivity index (χ3v) is 6.72. The molecule has 3 heteroatoms. The van der Waals surface area contributed by atoms with Crippen LogP contribution in [0.3, 0.4) is 0 Å². The Bertz CT molecular complexity index is 481. The number of carbonyl (C=O) groups excluding carboxylic acids is 1. The molecule has 0 saturated heterocycles. The van der Waals surface area contributed by atoms with Crippen molar-refractivity contribution < 1.29 is 4.79 Å². The third kappa shape index (κ3) is 2.09. The fourth-order valence-corrected chi connectivity index (χ4v) is 5.56. The Kier molecular flexibility index (Phi) is 3.12. The second-order valence-electron chi connectivity index (χ2n) is 4.09. The Hall–Kier alpha value is -0.930. The first-order valence-corrected chi connectivity index (χ1v) is 8.46. The Morgan fingerprint density at radius 1 is 0.765 bits per heavy atom. The normalized spacial score (nSPS) is 24.6. The van der Waals surface area contributed by atoms with Crippen molar-refractivity contribution in [1.82, 2.24) is 0 Å². The van der Waals surface area contributed by atoms with E-state index in [-0.39, 0.29) is 21.0 Å². The van der Waals surface area contributed by atoms with Gasteiger partial charge in [-0.05, 0) is 40.9 Å². The van der Waals surface area contributed by atoms with E-state index < -0.39 is 0 Å². The molecule has 0 amide bonds. The standard InChI is InChI=1S/C14H14OS2/c15-14-12(16-8-1-2-9-16)6-5-7-13(14)17-10-3-4-11-17/h1-4,8-11H,5-7H2. The van der Waals surface area contributed by atoms with Crippen LogP contribution in [0.25, 0.3) is 0 Å². The number of carbonyl (C=O) groups is 1. The van der Waals surface area contributed by atoms with Crippen molar-refractivity contribution in [3.8, 4) is 0 Å². The number of hydrogen-bond acceptors (Lipinski definition) is 1. The van der Waals surface area contributed by atoms with E-state index in [1.165, 1.54) is 0 Å². The molecule has 0 aromatic heterocycles.